The average molecular weight is 269 g/mol. The quantitative estimate of drug-likeness (QED) is 0.819. The molecule has 0 N–H and O–H groups in total. The van der Waals surface area contributed by atoms with Gasteiger partial charge < -0.3 is 4.90 Å². The van der Waals surface area contributed by atoms with Gasteiger partial charge >= 0.3 is 0 Å². The lowest BCUT2D eigenvalue weighted by Crippen LogP contribution is -2.37. The molecule has 1 heterocycles. The third kappa shape index (κ3) is 1.82. The predicted molar refractivity (Wildman–Crippen MR) is 77.3 cm³/mol. The number of para-hydroxylation sites is 1. The molecular weight excluding hydrogens is 253 g/mol. The molecular formula is C17H16FNO. The van der Waals surface area contributed by atoms with Crippen LogP contribution in [0.2, 0.25) is 0 Å². The van der Waals surface area contributed by atoms with E-state index in [9.17, 15) is 9.18 Å². The van der Waals surface area contributed by atoms with Crippen LogP contribution in [-0.4, -0.2) is 13.0 Å². The van der Waals surface area contributed by atoms with Gasteiger partial charge in [0.15, 0.2) is 0 Å². The van der Waals surface area contributed by atoms with Crippen molar-refractivity contribution in [2.24, 2.45) is 0 Å². The number of carbonyl (C=O) groups is 1. The summed E-state index contributed by atoms with van der Waals surface area (Å²) in [4.78, 5) is 14.3. The van der Waals surface area contributed by atoms with Gasteiger partial charge in [0.1, 0.15) is 5.82 Å². The summed E-state index contributed by atoms with van der Waals surface area (Å²) in [6.45, 7) is 1.96. The Bertz CT molecular complexity index is 665. The molecule has 0 spiro atoms. The number of halogens is 1. The molecule has 2 aromatic rings. The molecule has 102 valence electrons. The summed E-state index contributed by atoms with van der Waals surface area (Å²) in [5, 5.41) is 0. The lowest BCUT2D eigenvalue weighted by molar-refractivity contribution is -0.122. The number of carbonyl (C=O) groups excluding carboxylic acids is 1. The molecule has 2 aromatic carbocycles. The number of likely N-dealkylation sites (N-methyl/N-ethyl adjacent to an activating group) is 1. The first kappa shape index (κ1) is 12.9. The first-order chi connectivity index (χ1) is 9.52. The van der Waals surface area contributed by atoms with Crippen LogP contribution in [0.25, 0.3) is 0 Å². The zero-order valence-electron chi connectivity index (χ0n) is 11.6. The van der Waals surface area contributed by atoms with E-state index < -0.39 is 5.41 Å². The van der Waals surface area contributed by atoms with E-state index in [0.717, 1.165) is 16.8 Å². The summed E-state index contributed by atoms with van der Waals surface area (Å²) >= 11 is 0. The highest BCUT2D eigenvalue weighted by Gasteiger charge is 2.45. The second kappa shape index (κ2) is 4.44. The topological polar surface area (TPSA) is 20.3 Å². The lowest BCUT2D eigenvalue weighted by atomic mass is 9.78. The number of benzene rings is 2. The van der Waals surface area contributed by atoms with Crippen molar-refractivity contribution < 1.29 is 9.18 Å². The zero-order valence-corrected chi connectivity index (χ0v) is 11.6. The van der Waals surface area contributed by atoms with E-state index in [4.69, 9.17) is 0 Å². The molecule has 3 rings (SSSR count). The van der Waals surface area contributed by atoms with Gasteiger partial charge in [0.25, 0.3) is 0 Å². The number of fused-ring (bicyclic) bond motifs is 1. The Morgan fingerprint density at radius 2 is 1.75 bits per heavy atom. The average Bonchev–Trinajstić information content (AvgIpc) is 2.65. The number of rotatable bonds is 2. The molecule has 0 saturated carbocycles. The van der Waals surface area contributed by atoms with Gasteiger partial charge in [-0.25, -0.2) is 4.39 Å². The Balaban J connectivity index is 2.03. The standard InChI is InChI=1S/C17H16FNO/c1-17(11-12-7-9-13(18)10-8-12)14-5-3-4-6-15(14)19(2)16(17)20/h3-10H,11H2,1-2H3. The van der Waals surface area contributed by atoms with Crippen molar-refractivity contribution in [3.63, 3.8) is 0 Å². The van der Waals surface area contributed by atoms with E-state index in [0.29, 0.717) is 6.42 Å². The fraction of sp³-hybridized carbons (Fsp3) is 0.235. The summed E-state index contributed by atoms with van der Waals surface area (Å²) in [6.07, 6.45) is 0.577. The number of anilines is 1. The van der Waals surface area contributed by atoms with E-state index >= 15 is 0 Å². The van der Waals surface area contributed by atoms with Crippen LogP contribution in [-0.2, 0) is 16.6 Å². The first-order valence-corrected chi connectivity index (χ1v) is 6.64. The molecule has 1 unspecified atom stereocenters. The maximum atomic E-state index is 13.0. The molecule has 0 aliphatic carbocycles. The van der Waals surface area contributed by atoms with Crippen LogP contribution in [0.4, 0.5) is 10.1 Å². The summed E-state index contributed by atoms with van der Waals surface area (Å²) < 4.78 is 13.0. The van der Waals surface area contributed by atoms with Crippen LogP contribution in [0.1, 0.15) is 18.1 Å². The van der Waals surface area contributed by atoms with E-state index in [-0.39, 0.29) is 11.7 Å². The molecule has 3 heteroatoms. The highest BCUT2D eigenvalue weighted by molar-refractivity contribution is 6.07. The Kier molecular flexibility index (Phi) is 2.85. The minimum atomic E-state index is -0.580. The van der Waals surface area contributed by atoms with Crippen LogP contribution in [0.15, 0.2) is 48.5 Å². The van der Waals surface area contributed by atoms with E-state index in [2.05, 4.69) is 0 Å². The van der Waals surface area contributed by atoms with Crippen molar-refractivity contribution in [1.29, 1.82) is 0 Å². The predicted octanol–water partition coefficient (Wildman–Crippen LogP) is 3.30. The molecule has 0 radical (unpaired) electrons. The fourth-order valence-electron chi connectivity index (χ4n) is 3.01. The maximum Gasteiger partial charge on any atom is 0.237 e. The second-order valence-corrected chi connectivity index (χ2v) is 5.52. The fourth-order valence-corrected chi connectivity index (χ4v) is 3.01. The molecule has 0 aromatic heterocycles. The van der Waals surface area contributed by atoms with E-state index in [1.165, 1.54) is 12.1 Å². The number of hydrogen-bond acceptors (Lipinski definition) is 1. The normalized spacial score (nSPS) is 21.1. The molecule has 20 heavy (non-hydrogen) atoms. The second-order valence-electron chi connectivity index (χ2n) is 5.52. The van der Waals surface area contributed by atoms with Crippen molar-refractivity contribution >= 4 is 11.6 Å². The molecule has 0 fully saturated rings. The van der Waals surface area contributed by atoms with Gasteiger partial charge in [0, 0.05) is 12.7 Å². The van der Waals surface area contributed by atoms with Crippen LogP contribution in [0.5, 0.6) is 0 Å². The SMILES string of the molecule is CN1C(=O)C(C)(Cc2ccc(F)cc2)c2ccccc21. The summed E-state index contributed by atoms with van der Waals surface area (Å²) in [5.41, 5.74) is 2.38. The third-order valence-electron chi connectivity index (χ3n) is 4.11. The molecule has 0 bridgehead atoms. The van der Waals surface area contributed by atoms with Crippen LogP contribution < -0.4 is 4.90 Å². The van der Waals surface area contributed by atoms with Crippen molar-refractivity contribution in [3.8, 4) is 0 Å². The summed E-state index contributed by atoms with van der Waals surface area (Å²) in [6, 6.07) is 14.2. The Morgan fingerprint density at radius 3 is 2.45 bits per heavy atom. The van der Waals surface area contributed by atoms with Gasteiger partial charge in [-0.3, -0.25) is 4.79 Å². The van der Waals surface area contributed by atoms with Gasteiger partial charge in [0.05, 0.1) is 5.41 Å². The highest BCUT2D eigenvalue weighted by Crippen LogP contribution is 2.42. The van der Waals surface area contributed by atoms with E-state index in [1.807, 2.05) is 31.2 Å². The van der Waals surface area contributed by atoms with Gasteiger partial charge in [-0.05, 0) is 42.7 Å². The van der Waals surface area contributed by atoms with Crippen LogP contribution in [0.3, 0.4) is 0 Å². The smallest absolute Gasteiger partial charge is 0.237 e. The molecule has 1 amide bonds. The molecule has 1 atom stereocenters. The third-order valence-corrected chi connectivity index (χ3v) is 4.11. The molecule has 0 saturated heterocycles. The first-order valence-electron chi connectivity index (χ1n) is 6.64. The minimum Gasteiger partial charge on any atom is -0.314 e. The van der Waals surface area contributed by atoms with Gasteiger partial charge in [-0.2, -0.15) is 0 Å². The Morgan fingerprint density at radius 1 is 1.10 bits per heavy atom. The highest BCUT2D eigenvalue weighted by atomic mass is 19.1. The number of amides is 1. The lowest BCUT2D eigenvalue weighted by Gasteiger charge is -2.23. The molecule has 2 nitrogen and oxygen atoms in total. The minimum absolute atomic E-state index is 0.0861. The van der Waals surface area contributed by atoms with Crippen molar-refractivity contribution in [3.05, 3.63) is 65.5 Å². The maximum absolute atomic E-state index is 13.0. The largest absolute Gasteiger partial charge is 0.314 e. The molecule has 1 aliphatic heterocycles. The Hall–Kier alpha value is -2.16. The summed E-state index contributed by atoms with van der Waals surface area (Å²) in [7, 11) is 1.80. The van der Waals surface area contributed by atoms with Crippen molar-refractivity contribution in [2.75, 3.05) is 11.9 Å². The van der Waals surface area contributed by atoms with Crippen LogP contribution >= 0.6 is 0 Å². The number of hydrogen-bond donors (Lipinski definition) is 0. The van der Waals surface area contributed by atoms with Gasteiger partial charge in [-0.15, -0.1) is 0 Å². The zero-order chi connectivity index (χ0) is 14.3. The van der Waals surface area contributed by atoms with Crippen LogP contribution in [0, 0.1) is 5.82 Å². The number of nitrogens with zero attached hydrogens (tertiary/aromatic N) is 1. The molecule has 1 aliphatic rings. The monoisotopic (exact) mass is 269 g/mol. The van der Waals surface area contributed by atoms with Crippen molar-refractivity contribution in [1.82, 2.24) is 0 Å². The summed E-state index contributed by atoms with van der Waals surface area (Å²) in [5.74, 6) is -0.169. The van der Waals surface area contributed by atoms with Gasteiger partial charge in [0.2, 0.25) is 5.91 Å². The van der Waals surface area contributed by atoms with Gasteiger partial charge in [-0.1, -0.05) is 30.3 Å². The Labute approximate surface area is 117 Å². The van der Waals surface area contributed by atoms with Crippen molar-refractivity contribution in [2.45, 2.75) is 18.8 Å². The van der Waals surface area contributed by atoms with E-state index in [1.54, 1.807) is 24.1 Å².